The molecule has 0 unspecified atom stereocenters. The van der Waals surface area contributed by atoms with Gasteiger partial charge in [0.05, 0.1) is 6.61 Å². The van der Waals surface area contributed by atoms with Crippen LogP contribution in [0.1, 0.15) is 19.1 Å². The van der Waals surface area contributed by atoms with Gasteiger partial charge in [-0.1, -0.05) is 5.16 Å². The molecule has 1 fully saturated rings. The number of hydrogen-bond donors (Lipinski definition) is 1. The van der Waals surface area contributed by atoms with Gasteiger partial charge in [0.25, 0.3) is 0 Å². The van der Waals surface area contributed by atoms with Crippen molar-refractivity contribution >= 4 is 17.8 Å². The van der Waals surface area contributed by atoms with Gasteiger partial charge in [0.1, 0.15) is 5.76 Å². The first-order chi connectivity index (χ1) is 10.6. The Labute approximate surface area is 129 Å². The fraction of sp³-hybridized carbons (Fsp3) is 0.643. The average molecular weight is 310 g/mol. The zero-order valence-corrected chi connectivity index (χ0v) is 13.0. The van der Waals surface area contributed by atoms with E-state index in [1.54, 1.807) is 22.8 Å². The first kappa shape index (κ1) is 16.1. The minimum atomic E-state index is -0.308. The van der Waals surface area contributed by atoms with Crippen molar-refractivity contribution in [1.82, 2.24) is 15.0 Å². The molecular formula is C14H22N4O4. The summed E-state index contributed by atoms with van der Waals surface area (Å²) in [5.41, 5.74) is 0. The highest BCUT2D eigenvalue weighted by atomic mass is 16.6. The van der Waals surface area contributed by atoms with Gasteiger partial charge in [-0.3, -0.25) is 4.79 Å². The molecule has 1 N–H and O–H groups in total. The van der Waals surface area contributed by atoms with Crippen LogP contribution in [-0.2, 0) is 9.53 Å². The van der Waals surface area contributed by atoms with E-state index >= 15 is 0 Å². The van der Waals surface area contributed by atoms with Crippen LogP contribution in [0.2, 0.25) is 0 Å². The van der Waals surface area contributed by atoms with Crippen molar-refractivity contribution in [3.8, 4) is 0 Å². The maximum absolute atomic E-state index is 12.1. The van der Waals surface area contributed by atoms with Gasteiger partial charge < -0.3 is 24.4 Å². The lowest BCUT2D eigenvalue weighted by Gasteiger charge is -2.34. The van der Waals surface area contributed by atoms with Crippen LogP contribution in [0.3, 0.4) is 0 Å². The molecule has 1 saturated heterocycles. The number of aryl methyl sites for hydroxylation is 1. The van der Waals surface area contributed by atoms with Crippen LogP contribution in [0.15, 0.2) is 10.6 Å². The molecule has 0 aliphatic carbocycles. The summed E-state index contributed by atoms with van der Waals surface area (Å²) in [6.45, 7) is 6.57. The number of nitrogens with zero attached hydrogens (tertiary/aromatic N) is 3. The Morgan fingerprint density at radius 1 is 1.32 bits per heavy atom. The van der Waals surface area contributed by atoms with Crippen LogP contribution in [0.25, 0.3) is 0 Å². The highest BCUT2D eigenvalue weighted by Crippen LogP contribution is 2.08. The van der Waals surface area contributed by atoms with Gasteiger partial charge in [-0.15, -0.1) is 0 Å². The molecule has 0 saturated carbocycles. The van der Waals surface area contributed by atoms with Crippen molar-refractivity contribution in [3.05, 3.63) is 11.8 Å². The van der Waals surface area contributed by atoms with Gasteiger partial charge >= 0.3 is 6.09 Å². The summed E-state index contributed by atoms with van der Waals surface area (Å²) in [7, 11) is 0. The number of aromatic nitrogens is 1. The fourth-order valence-corrected chi connectivity index (χ4v) is 2.26. The number of hydrogen-bond acceptors (Lipinski definition) is 6. The third-order valence-corrected chi connectivity index (χ3v) is 3.43. The number of carbonyl (C=O) groups excluding carboxylic acids is 2. The second-order valence-electron chi connectivity index (χ2n) is 5.07. The van der Waals surface area contributed by atoms with Crippen molar-refractivity contribution in [2.24, 2.45) is 0 Å². The first-order valence-corrected chi connectivity index (χ1v) is 7.47. The summed E-state index contributed by atoms with van der Waals surface area (Å²) in [6, 6.07) is 1.78. The van der Waals surface area contributed by atoms with Gasteiger partial charge in [-0.2, -0.15) is 0 Å². The molecule has 2 rings (SSSR count). The van der Waals surface area contributed by atoms with E-state index in [4.69, 9.17) is 9.26 Å². The van der Waals surface area contributed by atoms with E-state index in [1.165, 1.54) is 0 Å². The lowest BCUT2D eigenvalue weighted by molar-refractivity contribution is -0.132. The lowest BCUT2D eigenvalue weighted by atomic mass is 10.3. The number of amides is 2. The Bertz CT molecular complexity index is 509. The number of carbonyl (C=O) groups is 2. The van der Waals surface area contributed by atoms with Crippen molar-refractivity contribution in [2.45, 2.75) is 20.3 Å². The molecule has 0 atom stereocenters. The Morgan fingerprint density at radius 3 is 2.59 bits per heavy atom. The quantitative estimate of drug-likeness (QED) is 0.876. The third kappa shape index (κ3) is 4.37. The number of ether oxygens (including phenoxy) is 1. The minimum absolute atomic E-state index is 0.0659. The molecule has 0 radical (unpaired) electrons. The van der Waals surface area contributed by atoms with Gasteiger partial charge in [0, 0.05) is 45.2 Å². The molecule has 1 aliphatic heterocycles. The Kier molecular flexibility index (Phi) is 5.62. The van der Waals surface area contributed by atoms with Crippen LogP contribution >= 0.6 is 0 Å². The molecule has 0 spiro atoms. The van der Waals surface area contributed by atoms with E-state index in [0.29, 0.717) is 51.6 Å². The topological polar surface area (TPSA) is 87.9 Å². The van der Waals surface area contributed by atoms with Crippen molar-refractivity contribution in [1.29, 1.82) is 0 Å². The summed E-state index contributed by atoms with van der Waals surface area (Å²) in [5.74, 6) is 1.43. The number of rotatable bonds is 5. The third-order valence-electron chi connectivity index (χ3n) is 3.43. The van der Waals surface area contributed by atoms with Gasteiger partial charge in [0.2, 0.25) is 5.91 Å². The van der Waals surface area contributed by atoms with E-state index in [9.17, 15) is 9.59 Å². The number of nitrogens with one attached hydrogen (secondary N) is 1. The monoisotopic (exact) mass is 310 g/mol. The minimum Gasteiger partial charge on any atom is -0.450 e. The predicted octanol–water partition coefficient (Wildman–Crippen LogP) is 1.09. The summed E-state index contributed by atoms with van der Waals surface area (Å²) >= 11 is 0. The van der Waals surface area contributed by atoms with Crippen molar-refractivity contribution < 1.29 is 18.8 Å². The van der Waals surface area contributed by atoms with Gasteiger partial charge in [-0.25, -0.2) is 4.79 Å². The highest BCUT2D eigenvalue weighted by Gasteiger charge is 2.24. The predicted molar refractivity (Wildman–Crippen MR) is 79.5 cm³/mol. The molecule has 1 aromatic heterocycles. The van der Waals surface area contributed by atoms with Crippen LogP contribution in [-0.4, -0.2) is 66.3 Å². The molecule has 1 aromatic rings. The summed E-state index contributed by atoms with van der Waals surface area (Å²) in [6.07, 6.45) is 0.0726. The number of piperazine rings is 1. The zero-order valence-electron chi connectivity index (χ0n) is 13.0. The highest BCUT2D eigenvalue weighted by molar-refractivity contribution is 5.77. The van der Waals surface area contributed by atoms with E-state index in [0.717, 1.165) is 5.76 Å². The van der Waals surface area contributed by atoms with Crippen LogP contribution < -0.4 is 5.32 Å². The summed E-state index contributed by atoms with van der Waals surface area (Å²) in [5, 5.41) is 6.85. The molecular weight excluding hydrogens is 288 g/mol. The van der Waals surface area contributed by atoms with Crippen LogP contribution in [0.4, 0.5) is 10.6 Å². The molecule has 0 bridgehead atoms. The van der Waals surface area contributed by atoms with Gasteiger partial charge in [0.15, 0.2) is 5.82 Å². The first-order valence-electron chi connectivity index (χ1n) is 7.47. The maximum atomic E-state index is 12.1. The van der Waals surface area contributed by atoms with Crippen LogP contribution in [0, 0.1) is 6.92 Å². The second-order valence-corrected chi connectivity index (χ2v) is 5.07. The number of anilines is 1. The van der Waals surface area contributed by atoms with Crippen molar-refractivity contribution in [2.75, 3.05) is 44.6 Å². The molecule has 2 heterocycles. The standard InChI is InChI=1S/C14H22N4O4/c1-3-21-14(20)18-8-6-17(7-9-18)13(19)4-5-15-12-10-11(2)22-16-12/h10H,3-9H2,1-2H3,(H,15,16). The molecule has 8 nitrogen and oxygen atoms in total. The van der Waals surface area contributed by atoms with E-state index in [-0.39, 0.29) is 12.0 Å². The summed E-state index contributed by atoms with van der Waals surface area (Å²) < 4.78 is 9.89. The summed E-state index contributed by atoms with van der Waals surface area (Å²) in [4.78, 5) is 27.1. The molecule has 8 heteroatoms. The molecule has 1 aliphatic rings. The molecule has 122 valence electrons. The van der Waals surface area contributed by atoms with Gasteiger partial charge in [-0.05, 0) is 13.8 Å². The Balaban J connectivity index is 1.67. The lowest BCUT2D eigenvalue weighted by Crippen LogP contribution is -2.50. The van der Waals surface area contributed by atoms with Crippen molar-refractivity contribution in [3.63, 3.8) is 0 Å². The zero-order chi connectivity index (χ0) is 15.9. The average Bonchev–Trinajstić information content (AvgIpc) is 2.93. The Hall–Kier alpha value is -2.25. The largest absolute Gasteiger partial charge is 0.450 e. The molecule has 2 amide bonds. The fourth-order valence-electron chi connectivity index (χ4n) is 2.26. The SMILES string of the molecule is CCOC(=O)N1CCN(C(=O)CCNc2cc(C)on2)CC1. The smallest absolute Gasteiger partial charge is 0.409 e. The Morgan fingerprint density at radius 2 is 2.00 bits per heavy atom. The van der Waals surface area contributed by atoms with E-state index < -0.39 is 0 Å². The molecule has 0 aromatic carbocycles. The normalized spacial score (nSPS) is 14.8. The van der Waals surface area contributed by atoms with Crippen LogP contribution in [0.5, 0.6) is 0 Å². The maximum Gasteiger partial charge on any atom is 0.409 e. The van der Waals surface area contributed by atoms with E-state index in [2.05, 4.69) is 10.5 Å². The second kappa shape index (κ2) is 7.67. The molecule has 22 heavy (non-hydrogen) atoms. The van der Waals surface area contributed by atoms with E-state index in [1.807, 2.05) is 6.92 Å².